The summed E-state index contributed by atoms with van der Waals surface area (Å²) in [7, 11) is 0. The molecule has 2 aromatic rings. The first-order chi connectivity index (χ1) is 10.2. The number of fused-ring (bicyclic) bond motifs is 1. The van der Waals surface area contributed by atoms with Crippen molar-refractivity contribution in [3.05, 3.63) is 42.1 Å². The molecule has 1 aliphatic heterocycles. The molecule has 1 aliphatic rings. The highest BCUT2D eigenvalue weighted by atomic mass is 16.4. The Bertz CT molecular complexity index is 586. The fourth-order valence-electron chi connectivity index (χ4n) is 2.62. The van der Waals surface area contributed by atoms with Crippen LogP contribution >= 0.6 is 0 Å². The summed E-state index contributed by atoms with van der Waals surface area (Å²) in [6.45, 7) is 2.23. The average molecular weight is 286 g/mol. The maximum Gasteiger partial charge on any atom is 0.300 e. The third kappa shape index (κ3) is 4.83. The predicted molar refractivity (Wildman–Crippen MR) is 84.3 cm³/mol. The molecule has 3 rings (SSSR count). The molecule has 1 unspecified atom stereocenters. The molecule has 4 heteroatoms. The molecule has 1 aromatic carbocycles. The third-order valence-corrected chi connectivity index (χ3v) is 3.59. The lowest BCUT2D eigenvalue weighted by Gasteiger charge is -2.16. The van der Waals surface area contributed by atoms with Crippen LogP contribution in [-0.2, 0) is 4.79 Å². The molecule has 2 N–H and O–H groups in total. The van der Waals surface area contributed by atoms with Gasteiger partial charge in [0.1, 0.15) is 0 Å². The molecule has 1 saturated heterocycles. The second-order valence-corrected chi connectivity index (χ2v) is 5.33. The minimum absolute atomic E-state index is 0.530. The Balaban J connectivity index is 0.000000361. The van der Waals surface area contributed by atoms with Gasteiger partial charge in [-0.3, -0.25) is 9.78 Å². The number of carboxylic acid groups (broad SMARTS) is 1. The van der Waals surface area contributed by atoms with Crippen molar-refractivity contribution < 1.29 is 9.90 Å². The molecule has 0 spiro atoms. The molecule has 0 aliphatic carbocycles. The van der Waals surface area contributed by atoms with Gasteiger partial charge in [-0.25, -0.2) is 0 Å². The Kier molecular flexibility index (Phi) is 5.69. The van der Waals surface area contributed by atoms with E-state index in [0.29, 0.717) is 6.04 Å². The van der Waals surface area contributed by atoms with Gasteiger partial charge >= 0.3 is 0 Å². The van der Waals surface area contributed by atoms with Crippen LogP contribution in [0.3, 0.4) is 0 Å². The molecule has 112 valence electrons. The van der Waals surface area contributed by atoms with Gasteiger partial charge in [-0.2, -0.15) is 0 Å². The van der Waals surface area contributed by atoms with Crippen LogP contribution in [0.15, 0.2) is 36.5 Å². The minimum Gasteiger partial charge on any atom is -0.481 e. The Labute approximate surface area is 125 Å². The molecule has 0 radical (unpaired) electrons. The van der Waals surface area contributed by atoms with Crippen molar-refractivity contribution in [1.82, 2.24) is 10.3 Å². The van der Waals surface area contributed by atoms with E-state index < -0.39 is 5.97 Å². The summed E-state index contributed by atoms with van der Waals surface area (Å²) >= 11 is 0. The summed E-state index contributed by atoms with van der Waals surface area (Å²) in [4.78, 5) is 13.4. The molecule has 1 aromatic heterocycles. The molecule has 1 atom stereocenters. The highest BCUT2D eigenvalue weighted by Gasteiger charge is 2.13. The zero-order valence-electron chi connectivity index (χ0n) is 12.4. The van der Waals surface area contributed by atoms with Crippen LogP contribution in [0.5, 0.6) is 0 Å². The first-order valence-corrected chi connectivity index (χ1v) is 7.44. The quantitative estimate of drug-likeness (QED) is 0.842. The fraction of sp³-hybridized carbons (Fsp3) is 0.412. The number of rotatable bonds is 1. The van der Waals surface area contributed by atoms with E-state index in [9.17, 15) is 0 Å². The summed E-state index contributed by atoms with van der Waals surface area (Å²) in [6.07, 6.45) is 7.12. The summed E-state index contributed by atoms with van der Waals surface area (Å²) in [6, 6.07) is 11.3. The minimum atomic E-state index is -0.833. The van der Waals surface area contributed by atoms with Gasteiger partial charge in [-0.05, 0) is 43.1 Å². The van der Waals surface area contributed by atoms with E-state index in [1.54, 1.807) is 0 Å². The van der Waals surface area contributed by atoms with Crippen molar-refractivity contribution in [2.75, 3.05) is 6.54 Å². The average Bonchev–Trinajstić information content (AvgIpc) is 2.75. The number of nitrogens with zero attached hydrogens (tertiary/aromatic N) is 1. The lowest BCUT2D eigenvalue weighted by Crippen LogP contribution is -2.20. The zero-order chi connectivity index (χ0) is 15.1. The van der Waals surface area contributed by atoms with E-state index in [4.69, 9.17) is 9.90 Å². The fourth-order valence-corrected chi connectivity index (χ4v) is 2.62. The number of aromatic nitrogens is 1. The van der Waals surface area contributed by atoms with Gasteiger partial charge in [0.25, 0.3) is 5.97 Å². The van der Waals surface area contributed by atoms with Crippen LogP contribution in [0.25, 0.3) is 10.9 Å². The second kappa shape index (κ2) is 7.74. The highest BCUT2D eigenvalue weighted by molar-refractivity contribution is 5.79. The lowest BCUT2D eigenvalue weighted by molar-refractivity contribution is -0.134. The van der Waals surface area contributed by atoms with Crippen molar-refractivity contribution in [2.45, 2.75) is 38.6 Å². The predicted octanol–water partition coefficient (Wildman–Crippen LogP) is 3.53. The molecule has 4 nitrogen and oxygen atoms in total. The third-order valence-electron chi connectivity index (χ3n) is 3.59. The summed E-state index contributed by atoms with van der Waals surface area (Å²) in [5.41, 5.74) is 2.50. The van der Waals surface area contributed by atoms with Gasteiger partial charge in [0.05, 0.1) is 5.52 Å². The lowest BCUT2D eigenvalue weighted by atomic mass is 10.0. The van der Waals surface area contributed by atoms with Gasteiger partial charge in [0, 0.05) is 24.5 Å². The number of carbonyl (C=O) groups is 1. The normalized spacial score (nSPS) is 18.4. The molecule has 0 bridgehead atoms. The van der Waals surface area contributed by atoms with E-state index in [1.165, 1.54) is 36.6 Å². The molecule has 0 amide bonds. The number of pyridine rings is 1. The van der Waals surface area contributed by atoms with Crippen LogP contribution in [0.4, 0.5) is 0 Å². The van der Waals surface area contributed by atoms with Gasteiger partial charge in [-0.1, -0.05) is 25.0 Å². The van der Waals surface area contributed by atoms with Gasteiger partial charge in [0.2, 0.25) is 0 Å². The number of hydrogen-bond acceptors (Lipinski definition) is 3. The number of carboxylic acids is 1. The molecule has 1 fully saturated rings. The smallest absolute Gasteiger partial charge is 0.300 e. The Morgan fingerprint density at radius 3 is 2.90 bits per heavy atom. The monoisotopic (exact) mass is 286 g/mol. The second-order valence-electron chi connectivity index (χ2n) is 5.33. The first-order valence-electron chi connectivity index (χ1n) is 7.44. The van der Waals surface area contributed by atoms with E-state index >= 15 is 0 Å². The van der Waals surface area contributed by atoms with E-state index in [0.717, 1.165) is 19.0 Å². The Hall–Kier alpha value is -1.94. The highest BCUT2D eigenvalue weighted by Crippen LogP contribution is 2.25. The van der Waals surface area contributed by atoms with Gasteiger partial charge in [0.15, 0.2) is 0 Å². The summed E-state index contributed by atoms with van der Waals surface area (Å²) in [5.74, 6) is -0.833. The van der Waals surface area contributed by atoms with Crippen LogP contribution in [0, 0.1) is 0 Å². The van der Waals surface area contributed by atoms with Crippen molar-refractivity contribution in [3.63, 3.8) is 0 Å². The van der Waals surface area contributed by atoms with Crippen LogP contribution in [0.1, 0.15) is 44.2 Å². The molecule has 21 heavy (non-hydrogen) atoms. The van der Waals surface area contributed by atoms with Gasteiger partial charge < -0.3 is 10.4 Å². The summed E-state index contributed by atoms with van der Waals surface area (Å²) < 4.78 is 0. The van der Waals surface area contributed by atoms with E-state index in [-0.39, 0.29) is 0 Å². The largest absolute Gasteiger partial charge is 0.481 e. The standard InChI is InChI=1S/C15H18N2.C2H4O2/c1-2-6-14(16-9-3-1)13-7-8-15-12(11-13)5-4-10-17-15;1-2(3)4/h4-5,7-8,10-11,14,16H,1-3,6,9H2;1H3,(H,3,4). The zero-order valence-corrected chi connectivity index (χ0v) is 12.4. The maximum absolute atomic E-state index is 9.00. The Morgan fingerprint density at radius 2 is 2.10 bits per heavy atom. The van der Waals surface area contributed by atoms with Crippen molar-refractivity contribution >= 4 is 16.9 Å². The van der Waals surface area contributed by atoms with Crippen molar-refractivity contribution in [2.24, 2.45) is 0 Å². The Morgan fingerprint density at radius 1 is 1.29 bits per heavy atom. The maximum atomic E-state index is 9.00. The van der Waals surface area contributed by atoms with E-state index in [1.807, 2.05) is 12.3 Å². The van der Waals surface area contributed by atoms with Gasteiger partial charge in [-0.15, -0.1) is 0 Å². The topological polar surface area (TPSA) is 62.2 Å². The van der Waals surface area contributed by atoms with Crippen molar-refractivity contribution in [3.8, 4) is 0 Å². The molecule has 2 heterocycles. The van der Waals surface area contributed by atoms with Crippen LogP contribution in [0.2, 0.25) is 0 Å². The number of nitrogens with one attached hydrogen (secondary N) is 1. The first kappa shape index (κ1) is 15.4. The van der Waals surface area contributed by atoms with Crippen LogP contribution in [-0.4, -0.2) is 22.6 Å². The SMILES string of the molecule is CC(=O)O.c1cnc2ccc(C3CCCCCN3)cc2c1. The number of aliphatic carboxylic acids is 1. The molecular formula is C17H22N2O2. The molecular weight excluding hydrogens is 264 g/mol. The number of hydrogen-bond donors (Lipinski definition) is 2. The molecule has 0 saturated carbocycles. The van der Waals surface area contributed by atoms with Crippen molar-refractivity contribution in [1.29, 1.82) is 0 Å². The number of benzene rings is 1. The van der Waals surface area contributed by atoms with E-state index in [2.05, 4.69) is 34.6 Å². The summed E-state index contributed by atoms with van der Waals surface area (Å²) in [5, 5.41) is 12.3. The van der Waals surface area contributed by atoms with Crippen LogP contribution < -0.4 is 5.32 Å².